The number of hydrogen-bond acceptors (Lipinski definition) is 5. The topological polar surface area (TPSA) is 81.5 Å². The third-order valence-electron chi connectivity index (χ3n) is 4.43. The molecule has 0 bridgehead atoms. The third kappa shape index (κ3) is 5.16. The number of alkyl halides is 4. The molecule has 1 aromatic carbocycles. The SMILES string of the molecule is O=c1c(Cl)c(Cl)cnn1[C@@H]1CCN(S(=O)(=O)c2cc(Br)ccc2OC(F)(F)F)C[C@H]1F. The summed E-state index contributed by atoms with van der Waals surface area (Å²) in [7, 11) is -4.57. The van der Waals surface area contributed by atoms with E-state index in [0.717, 1.165) is 23.0 Å². The van der Waals surface area contributed by atoms with Gasteiger partial charge in [-0.2, -0.15) is 9.40 Å². The molecule has 2 heterocycles. The molecule has 0 spiro atoms. The zero-order valence-electron chi connectivity index (χ0n) is 15.1. The van der Waals surface area contributed by atoms with Crippen LogP contribution in [0.5, 0.6) is 5.75 Å². The number of aromatic nitrogens is 2. The number of nitrogens with zero attached hydrogens (tertiary/aromatic N) is 3. The van der Waals surface area contributed by atoms with Gasteiger partial charge in [-0.25, -0.2) is 17.5 Å². The molecule has 0 N–H and O–H groups in total. The van der Waals surface area contributed by atoms with E-state index >= 15 is 0 Å². The van der Waals surface area contributed by atoms with Crippen LogP contribution in [0.4, 0.5) is 17.6 Å². The fourth-order valence-electron chi connectivity index (χ4n) is 3.05. The highest BCUT2D eigenvalue weighted by molar-refractivity contribution is 9.10. The van der Waals surface area contributed by atoms with Gasteiger partial charge in [-0.1, -0.05) is 39.1 Å². The fourth-order valence-corrected chi connectivity index (χ4v) is 5.43. The Kier molecular flexibility index (Phi) is 6.92. The molecule has 0 unspecified atom stereocenters. The van der Waals surface area contributed by atoms with E-state index in [0.29, 0.717) is 4.31 Å². The van der Waals surface area contributed by atoms with Crippen molar-refractivity contribution in [1.82, 2.24) is 14.1 Å². The van der Waals surface area contributed by atoms with Gasteiger partial charge in [0, 0.05) is 17.6 Å². The van der Waals surface area contributed by atoms with Crippen LogP contribution in [0.25, 0.3) is 0 Å². The summed E-state index contributed by atoms with van der Waals surface area (Å²) < 4.78 is 84.4. The number of sulfonamides is 1. The third-order valence-corrected chi connectivity index (χ3v) is 7.56. The average Bonchev–Trinajstić information content (AvgIpc) is 2.67. The summed E-state index contributed by atoms with van der Waals surface area (Å²) in [5.74, 6) is -0.949. The summed E-state index contributed by atoms with van der Waals surface area (Å²) in [5, 5.41) is 3.27. The highest BCUT2D eigenvalue weighted by Gasteiger charge is 2.40. The van der Waals surface area contributed by atoms with Gasteiger partial charge in [0.15, 0.2) is 0 Å². The highest BCUT2D eigenvalue weighted by Crippen LogP contribution is 2.36. The molecule has 15 heteroatoms. The van der Waals surface area contributed by atoms with Crippen molar-refractivity contribution in [3.05, 3.63) is 49.3 Å². The van der Waals surface area contributed by atoms with Crippen LogP contribution in [0.15, 0.2) is 38.6 Å². The standard InChI is InChI=1S/C16H12BrCl2F4N3O4S/c17-8-1-2-12(30-16(21,22)23)13(5-8)31(28,29)25-4-3-11(10(20)7-25)26-15(27)14(19)9(18)6-24-26/h1-2,5-6,10-11H,3-4,7H2/t10-,11-/m1/s1. The molecular weight excluding hydrogens is 557 g/mol. The minimum atomic E-state index is -5.13. The summed E-state index contributed by atoms with van der Waals surface area (Å²) in [5.41, 5.74) is -0.842. The van der Waals surface area contributed by atoms with Gasteiger partial charge in [0.1, 0.15) is 21.8 Å². The first-order chi connectivity index (χ1) is 14.3. The molecule has 0 aliphatic carbocycles. The second-order valence-electron chi connectivity index (χ2n) is 6.43. The maximum Gasteiger partial charge on any atom is 0.573 e. The summed E-state index contributed by atoms with van der Waals surface area (Å²) in [6, 6.07) is 1.80. The van der Waals surface area contributed by atoms with E-state index in [1.807, 2.05) is 0 Å². The second-order valence-corrected chi connectivity index (χ2v) is 10.0. The summed E-state index contributed by atoms with van der Waals surface area (Å²) in [6.45, 7) is -1.01. The van der Waals surface area contributed by atoms with Crippen molar-refractivity contribution in [3.63, 3.8) is 0 Å². The largest absolute Gasteiger partial charge is 0.573 e. The molecule has 3 rings (SSSR count). The molecule has 1 aromatic heterocycles. The van der Waals surface area contributed by atoms with Gasteiger partial charge in [-0.15, -0.1) is 13.2 Å². The molecule has 0 amide bonds. The van der Waals surface area contributed by atoms with Crippen LogP contribution < -0.4 is 10.3 Å². The van der Waals surface area contributed by atoms with Crippen molar-refractivity contribution in [2.45, 2.75) is 29.9 Å². The normalized spacial score (nSPS) is 20.6. The molecule has 2 atom stereocenters. The molecule has 0 saturated carbocycles. The van der Waals surface area contributed by atoms with E-state index in [1.165, 1.54) is 6.07 Å². The first-order valence-corrected chi connectivity index (χ1v) is 11.4. The zero-order chi connectivity index (χ0) is 23.1. The van der Waals surface area contributed by atoms with Crippen LogP contribution in [-0.4, -0.2) is 48.1 Å². The number of ether oxygens (including phenoxy) is 1. The Morgan fingerprint density at radius 1 is 1.26 bits per heavy atom. The lowest BCUT2D eigenvalue weighted by Crippen LogP contribution is -2.47. The van der Waals surface area contributed by atoms with Gasteiger partial charge in [0.25, 0.3) is 5.56 Å². The first-order valence-electron chi connectivity index (χ1n) is 8.43. The molecular formula is C16H12BrCl2F4N3O4S. The molecule has 0 radical (unpaired) electrons. The molecule has 2 aromatic rings. The Morgan fingerprint density at radius 3 is 2.55 bits per heavy atom. The summed E-state index contributed by atoms with van der Waals surface area (Å²) in [6.07, 6.45) is -6.16. The number of benzene rings is 1. The maximum atomic E-state index is 14.9. The van der Waals surface area contributed by atoms with E-state index in [-0.39, 0.29) is 27.5 Å². The average molecular weight is 569 g/mol. The van der Waals surface area contributed by atoms with E-state index in [1.54, 1.807) is 0 Å². The monoisotopic (exact) mass is 567 g/mol. The number of piperidine rings is 1. The van der Waals surface area contributed by atoms with E-state index < -0.39 is 51.3 Å². The van der Waals surface area contributed by atoms with Crippen molar-refractivity contribution in [2.75, 3.05) is 13.1 Å². The second kappa shape index (κ2) is 8.85. The van der Waals surface area contributed by atoms with Gasteiger partial charge < -0.3 is 4.74 Å². The Labute approximate surface area is 191 Å². The van der Waals surface area contributed by atoms with Crippen molar-refractivity contribution in [2.24, 2.45) is 0 Å². The number of halogens is 7. The van der Waals surface area contributed by atoms with E-state index in [9.17, 15) is 30.8 Å². The smallest absolute Gasteiger partial charge is 0.404 e. The Bertz CT molecular complexity index is 1160. The quantitative estimate of drug-likeness (QED) is 0.517. The maximum absolute atomic E-state index is 14.9. The minimum absolute atomic E-state index is 0.120. The molecule has 31 heavy (non-hydrogen) atoms. The van der Waals surface area contributed by atoms with Crippen molar-refractivity contribution in [1.29, 1.82) is 0 Å². The Balaban J connectivity index is 1.90. The van der Waals surface area contributed by atoms with Crippen LogP contribution >= 0.6 is 39.1 Å². The lowest BCUT2D eigenvalue weighted by molar-refractivity contribution is -0.275. The van der Waals surface area contributed by atoms with Crippen molar-refractivity contribution in [3.8, 4) is 5.75 Å². The predicted octanol–water partition coefficient (Wildman–Crippen LogP) is 4.19. The van der Waals surface area contributed by atoms with Gasteiger partial charge in [0.2, 0.25) is 10.0 Å². The zero-order valence-corrected chi connectivity index (χ0v) is 19.0. The van der Waals surface area contributed by atoms with Gasteiger partial charge in [-0.05, 0) is 24.6 Å². The van der Waals surface area contributed by atoms with Crippen LogP contribution in [-0.2, 0) is 10.0 Å². The summed E-state index contributed by atoms with van der Waals surface area (Å²) >= 11 is 14.5. The Hall–Kier alpha value is -1.41. The van der Waals surface area contributed by atoms with Crippen molar-refractivity contribution >= 4 is 49.2 Å². The number of rotatable bonds is 4. The van der Waals surface area contributed by atoms with Crippen LogP contribution in [0, 0.1) is 0 Å². The molecule has 170 valence electrons. The minimum Gasteiger partial charge on any atom is -0.404 e. The summed E-state index contributed by atoms with van der Waals surface area (Å²) in [4.78, 5) is 11.4. The van der Waals surface area contributed by atoms with E-state index in [2.05, 4.69) is 25.8 Å². The molecule has 1 aliphatic heterocycles. The van der Waals surface area contributed by atoms with Crippen LogP contribution in [0.2, 0.25) is 10.0 Å². The lowest BCUT2D eigenvalue weighted by atomic mass is 10.1. The molecule has 1 fully saturated rings. The molecule has 1 saturated heterocycles. The molecule has 7 nitrogen and oxygen atoms in total. The Morgan fingerprint density at radius 2 is 1.94 bits per heavy atom. The number of hydrogen-bond donors (Lipinski definition) is 0. The first kappa shape index (κ1) is 24.2. The fraction of sp³-hybridized carbons (Fsp3) is 0.375. The van der Waals surface area contributed by atoms with Gasteiger partial charge in [0.05, 0.1) is 17.3 Å². The highest BCUT2D eigenvalue weighted by atomic mass is 79.9. The lowest BCUT2D eigenvalue weighted by Gasteiger charge is -2.34. The van der Waals surface area contributed by atoms with Crippen LogP contribution in [0.1, 0.15) is 12.5 Å². The van der Waals surface area contributed by atoms with E-state index in [4.69, 9.17) is 23.2 Å². The molecule has 1 aliphatic rings. The predicted molar refractivity (Wildman–Crippen MR) is 107 cm³/mol. The van der Waals surface area contributed by atoms with Gasteiger partial charge >= 0.3 is 6.36 Å². The van der Waals surface area contributed by atoms with Gasteiger partial charge in [-0.3, -0.25) is 4.79 Å². The van der Waals surface area contributed by atoms with Crippen LogP contribution in [0.3, 0.4) is 0 Å². The van der Waals surface area contributed by atoms with Crippen molar-refractivity contribution < 1.29 is 30.7 Å².